The molecular weight excluding hydrogens is 289 g/mol. The van der Waals surface area contributed by atoms with E-state index in [9.17, 15) is 4.79 Å². The Labute approximate surface area is 119 Å². The number of carbonyl (C=O) groups excluding carboxylic acids is 1. The molecule has 0 spiro atoms. The SMILES string of the molecule is O=C(COc1cc(Cl)ccc1Cl)NCc1cn[nH]c1. The van der Waals surface area contributed by atoms with E-state index >= 15 is 0 Å². The van der Waals surface area contributed by atoms with Crippen molar-refractivity contribution >= 4 is 29.1 Å². The average molecular weight is 300 g/mol. The first-order valence-electron chi connectivity index (χ1n) is 5.47. The van der Waals surface area contributed by atoms with Crippen molar-refractivity contribution in [2.75, 3.05) is 6.61 Å². The molecule has 1 aromatic heterocycles. The second-order valence-corrected chi connectivity index (χ2v) is 4.59. The van der Waals surface area contributed by atoms with Crippen LogP contribution in [0, 0.1) is 0 Å². The predicted molar refractivity (Wildman–Crippen MR) is 72.4 cm³/mol. The molecule has 0 radical (unpaired) electrons. The van der Waals surface area contributed by atoms with E-state index in [-0.39, 0.29) is 12.5 Å². The Hall–Kier alpha value is -1.72. The molecule has 5 nitrogen and oxygen atoms in total. The molecule has 2 aromatic rings. The molecule has 0 bridgehead atoms. The number of halogens is 2. The number of amides is 1. The van der Waals surface area contributed by atoms with Crippen LogP contribution in [-0.4, -0.2) is 22.7 Å². The van der Waals surface area contributed by atoms with Crippen LogP contribution < -0.4 is 10.1 Å². The lowest BCUT2D eigenvalue weighted by Gasteiger charge is -2.08. The third kappa shape index (κ3) is 4.15. The Kier molecular flexibility index (Phi) is 4.65. The van der Waals surface area contributed by atoms with Crippen LogP contribution in [0.3, 0.4) is 0 Å². The number of rotatable bonds is 5. The summed E-state index contributed by atoms with van der Waals surface area (Å²) in [6, 6.07) is 4.82. The van der Waals surface area contributed by atoms with Gasteiger partial charge in [0.25, 0.3) is 5.91 Å². The molecule has 0 aliphatic rings. The molecule has 0 saturated heterocycles. The number of nitrogens with one attached hydrogen (secondary N) is 2. The summed E-state index contributed by atoms with van der Waals surface area (Å²) in [5.74, 6) is 0.130. The van der Waals surface area contributed by atoms with Gasteiger partial charge in [-0.3, -0.25) is 9.89 Å². The van der Waals surface area contributed by atoms with Crippen LogP contribution in [0.15, 0.2) is 30.6 Å². The fourth-order valence-corrected chi connectivity index (χ4v) is 1.69. The molecule has 0 atom stereocenters. The molecule has 0 aliphatic carbocycles. The van der Waals surface area contributed by atoms with Crippen molar-refractivity contribution in [3.63, 3.8) is 0 Å². The number of H-pyrrole nitrogens is 1. The third-order valence-electron chi connectivity index (χ3n) is 2.30. The summed E-state index contributed by atoms with van der Waals surface area (Å²) in [5.41, 5.74) is 0.883. The first-order valence-corrected chi connectivity index (χ1v) is 6.23. The minimum Gasteiger partial charge on any atom is -0.482 e. The summed E-state index contributed by atoms with van der Waals surface area (Å²) in [5, 5.41) is 10.0. The summed E-state index contributed by atoms with van der Waals surface area (Å²) in [6.07, 6.45) is 3.34. The molecule has 2 N–H and O–H groups in total. The fraction of sp³-hybridized carbons (Fsp3) is 0.167. The summed E-state index contributed by atoms with van der Waals surface area (Å²) in [4.78, 5) is 11.6. The first kappa shape index (κ1) is 13.7. The quantitative estimate of drug-likeness (QED) is 0.891. The van der Waals surface area contributed by atoms with E-state index in [4.69, 9.17) is 27.9 Å². The number of benzene rings is 1. The standard InChI is InChI=1S/C12H11Cl2N3O2/c13-9-1-2-10(14)11(3-9)19-7-12(18)15-4-8-5-16-17-6-8/h1-3,5-6H,4,7H2,(H,15,18)(H,16,17). The lowest BCUT2D eigenvalue weighted by molar-refractivity contribution is -0.123. The number of aromatic nitrogens is 2. The Morgan fingerprint density at radius 1 is 1.42 bits per heavy atom. The monoisotopic (exact) mass is 299 g/mol. The number of carbonyl (C=O) groups is 1. The zero-order valence-corrected chi connectivity index (χ0v) is 11.3. The number of ether oxygens (including phenoxy) is 1. The summed E-state index contributed by atoms with van der Waals surface area (Å²) >= 11 is 11.7. The Bertz CT molecular complexity index is 558. The average Bonchev–Trinajstić information content (AvgIpc) is 2.90. The minimum atomic E-state index is -0.253. The van der Waals surface area contributed by atoms with Gasteiger partial charge in [0, 0.05) is 29.4 Å². The fourth-order valence-electron chi connectivity index (χ4n) is 1.36. The highest BCUT2D eigenvalue weighted by Crippen LogP contribution is 2.27. The molecule has 1 aromatic carbocycles. The van der Waals surface area contributed by atoms with Crippen LogP contribution in [-0.2, 0) is 11.3 Å². The van der Waals surface area contributed by atoms with Crippen LogP contribution in [0.2, 0.25) is 10.0 Å². The van der Waals surface area contributed by atoms with Crippen LogP contribution in [0.4, 0.5) is 0 Å². The summed E-state index contributed by atoms with van der Waals surface area (Å²) < 4.78 is 5.30. The Morgan fingerprint density at radius 3 is 3.00 bits per heavy atom. The van der Waals surface area contributed by atoms with E-state index in [1.165, 1.54) is 0 Å². The van der Waals surface area contributed by atoms with Gasteiger partial charge >= 0.3 is 0 Å². The molecule has 0 aliphatic heterocycles. The second-order valence-electron chi connectivity index (χ2n) is 3.75. The van der Waals surface area contributed by atoms with Gasteiger partial charge in [-0.15, -0.1) is 0 Å². The van der Waals surface area contributed by atoms with Crippen molar-refractivity contribution in [3.05, 3.63) is 46.2 Å². The lowest BCUT2D eigenvalue weighted by atomic mass is 10.3. The molecule has 100 valence electrons. The van der Waals surface area contributed by atoms with Crippen molar-refractivity contribution in [3.8, 4) is 5.75 Å². The third-order valence-corrected chi connectivity index (χ3v) is 2.84. The maximum absolute atomic E-state index is 11.6. The van der Waals surface area contributed by atoms with Crippen molar-refractivity contribution in [2.24, 2.45) is 0 Å². The van der Waals surface area contributed by atoms with Crippen LogP contribution in [0.5, 0.6) is 5.75 Å². The van der Waals surface area contributed by atoms with E-state index < -0.39 is 0 Å². The molecule has 19 heavy (non-hydrogen) atoms. The molecular formula is C12H11Cl2N3O2. The maximum atomic E-state index is 11.6. The molecule has 0 fully saturated rings. The van der Waals surface area contributed by atoms with Gasteiger partial charge in [-0.25, -0.2) is 0 Å². The van der Waals surface area contributed by atoms with Gasteiger partial charge in [0.2, 0.25) is 0 Å². The van der Waals surface area contributed by atoms with Gasteiger partial charge in [-0.1, -0.05) is 23.2 Å². The first-order chi connectivity index (χ1) is 9.15. The van der Waals surface area contributed by atoms with Gasteiger partial charge in [-0.2, -0.15) is 5.10 Å². The molecule has 1 amide bonds. The van der Waals surface area contributed by atoms with Crippen LogP contribution in [0.25, 0.3) is 0 Å². The van der Waals surface area contributed by atoms with Gasteiger partial charge in [0.05, 0.1) is 11.2 Å². The van der Waals surface area contributed by atoms with Gasteiger partial charge in [0.1, 0.15) is 5.75 Å². The highest BCUT2D eigenvalue weighted by molar-refractivity contribution is 6.34. The number of nitrogens with zero attached hydrogens (tertiary/aromatic N) is 1. The van der Waals surface area contributed by atoms with Crippen molar-refractivity contribution in [1.82, 2.24) is 15.5 Å². The summed E-state index contributed by atoms with van der Waals surface area (Å²) in [7, 11) is 0. The number of hydrogen-bond donors (Lipinski definition) is 2. The maximum Gasteiger partial charge on any atom is 0.258 e. The van der Waals surface area contributed by atoms with Crippen LogP contribution in [0.1, 0.15) is 5.56 Å². The predicted octanol–water partition coefficient (Wildman–Crippen LogP) is 2.41. The summed E-state index contributed by atoms with van der Waals surface area (Å²) in [6.45, 7) is 0.264. The Balaban J connectivity index is 1.81. The molecule has 0 saturated carbocycles. The second kappa shape index (κ2) is 6.45. The van der Waals surface area contributed by atoms with E-state index in [1.54, 1.807) is 30.6 Å². The van der Waals surface area contributed by atoms with Gasteiger partial charge < -0.3 is 10.1 Å². The Morgan fingerprint density at radius 2 is 2.26 bits per heavy atom. The van der Waals surface area contributed by atoms with E-state index in [2.05, 4.69) is 15.5 Å². The van der Waals surface area contributed by atoms with Gasteiger partial charge in [-0.05, 0) is 12.1 Å². The van der Waals surface area contributed by atoms with Crippen LogP contribution >= 0.6 is 23.2 Å². The highest BCUT2D eigenvalue weighted by atomic mass is 35.5. The molecule has 7 heteroatoms. The lowest BCUT2D eigenvalue weighted by Crippen LogP contribution is -2.28. The smallest absolute Gasteiger partial charge is 0.258 e. The van der Waals surface area contributed by atoms with Crippen molar-refractivity contribution in [1.29, 1.82) is 0 Å². The van der Waals surface area contributed by atoms with E-state index in [0.717, 1.165) is 5.56 Å². The zero-order valence-electron chi connectivity index (χ0n) is 9.82. The molecule has 2 rings (SSSR count). The van der Waals surface area contributed by atoms with Crippen molar-refractivity contribution in [2.45, 2.75) is 6.54 Å². The van der Waals surface area contributed by atoms with E-state index in [0.29, 0.717) is 22.3 Å². The molecule has 1 heterocycles. The normalized spacial score (nSPS) is 10.2. The highest BCUT2D eigenvalue weighted by Gasteiger charge is 2.06. The topological polar surface area (TPSA) is 67.0 Å². The largest absolute Gasteiger partial charge is 0.482 e. The van der Waals surface area contributed by atoms with E-state index in [1.807, 2.05) is 0 Å². The van der Waals surface area contributed by atoms with Gasteiger partial charge in [0.15, 0.2) is 6.61 Å². The number of hydrogen-bond acceptors (Lipinski definition) is 3. The minimum absolute atomic E-state index is 0.127. The van der Waals surface area contributed by atoms with Crippen molar-refractivity contribution < 1.29 is 9.53 Å². The zero-order chi connectivity index (χ0) is 13.7. The number of aromatic amines is 1. The molecule has 0 unspecified atom stereocenters.